The van der Waals surface area contributed by atoms with Gasteiger partial charge in [0.1, 0.15) is 12.2 Å². The van der Waals surface area contributed by atoms with E-state index in [0.717, 1.165) is 12.0 Å². The van der Waals surface area contributed by atoms with E-state index >= 15 is 0 Å². The van der Waals surface area contributed by atoms with E-state index in [1.807, 2.05) is 13.0 Å². The summed E-state index contributed by atoms with van der Waals surface area (Å²) >= 11 is 0. The number of fused-ring (bicyclic) bond motifs is 5. The van der Waals surface area contributed by atoms with Crippen molar-refractivity contribution in [3.63, 3.8) is 0 Å². The van der Waals surface area contributed by atoms with Gasteiger partial charge in [0, 0.05) is 16.7 Å². The number of aliphatic hydroxyl groups is 2. The Morgan fingerprint density at radius 1 is 1.28 bits per heavy atom. The van der Waals surface area contributed by atoms with Crippen molar-refractivity contribution >= 4 is 19.4 Å². The van der Waals surface area contributed by atoms with Crippen molar-refractivity contribution in [3.8, 4) is 0 Å². The maximum atomic E-state index is 12.8. The van der Waals surface area contributed by atoms with Gasteiger partial charge in [0.05, 0.1) is 13.9 Å². The first-order valence-corrected chi connectivity index (χ1v) is 11.8. The molecule has 0 heterocycles. The molecule has 0 spiro atoms. The van der Waals surface area contributed by atoms with Gasteiger partial charge in [0.15, 0.2) is 11.6 Å². The molecule has 0 amide bonds. The quantitative estimate of drug-likeness (QED) is 0.297. The predicted octanol–water partition coefficient (Wildman–Crippen LogP) is -5.58. The Bertz CT molecular complexity index is 900. The minimum absolute atomic E-state index is 0. The molecule has 0 unspecified atom stereocenters. The standard InChI is InChI=1S/C21H29O8P.2Na/c1-19-7-5-13(22)9-12(19)3-4-14-15-6-8-21(25,17(24)11-29-30(26,27)28)20(15,2)10-16(23)18(14)19;;/h5,7,9,14-16,18,23,25H,3-4,6,8,10-11H2,1-2H3,(H2,26,27,28);;/q;2*+1/p-2/t14-,15-,16+,18+,19-,20-,21-;;/m0../s1. The Morgan fingerprint density at radius 2 is 1.94 bits per heavy atom. The summed E-state index contributed by atoms with van der Waals surface area (Å²) in [6, 6.07) is 0. The fraction of sp³-hybridized carbons (Fsp3) is 0.714. The van der Waals surface area contributed by atoms with E-state index in [1.165, 1.54) is 0 Å². The average molecular weight is 484 g/mol. The SMILES string of the molecule is C[C@]12C=CC(=O)C=C1CC[C@@H]1[C@@H]2[C@H](O)C[C@@]2(C)[C@H]1CC[C@]2(O)C(=O)COP(=O)([O-])[O-].[Na+].[Na+]. The molecule has 4 aliphatic rings. The van der Waals surface area contributed by atoms with Gasteiger partial charge in [0.2, 0.25) is 0 Å². The van der Waals surface area contributed by atoms with Crippen LogP contribution >= 0.6 is 7.82 Å². The molecule has 0 aliphatic heterocycles. The van der Waals surface area contributed by atoms with E-state index in [2.05, 4.69) is 4.52 Å². The third-order valence-electron chi connectivity index (χ3n) is 8.46. The fourth-order valence-corrected chi connectivity index (χ4v) is 7.32. The summed E-state index contributed by atoms with van der Waals surface area (Å²) in [4.78, 5) is 46.2. The van der Waals surface area contributed by atoms with Crippen LogP contribution in [-0.4, -0.2) is 40.1 Å². The summed E-state index contributed by atoms with van der Waals surface area (Å²) in [6.45, 7) is 2.80. The van der Waals surface area contributed by atoms with Crippen molar-refractivity contribution in [2.24, 2.45) is 28.6 Å². The topological polar surface area (TPSA) is 147 Å². The second kappa shape index (κ2) is 9.72. The van der Waals surface area contributed by atoms with Crippen LogP contribution < -0.4 is 68.9 Å². The number of allylic oxidation sites excluding steroid dienone is 4. The molecule has 0 aromatic carbocycles. The number of ketones is 2. The maximum absolute atomic E-state index is 12.8. The minimum atomic E-state index is -5.34. The van der Waals surface area contributed by atoms with Crippen molar-refractivity contribution in [2.45, 2.75) is 57.7 Å². The van der Waals surface area contributed by atoms with Gasteiger partial charge in [-0.15, -0.1) is 0 Å². The smallest absolute Gasteiger partial charge is 0.790 e. The second-order valence-electron chi connectivity index (χ2n) is 9.75. The number of aliphatic hydroxyl groups excluding tert-OH is 1. The maximum Gasteiger partial charge on any atom is 1.00 e. The van der Waals surface area contributed by atoms with Crippen LogP contribution in [0.3, 0.4) is 0 Å². The van der Waals surface area contributed by atoms with E-state index < -0.39 is 42.7 Å². The molecule has 4 aliphatic carbocycles. The van der Waals surface area contributed by atoms with Gasteiger partial charge in [-0.1, -0.05) is 25.5 Å². The van der Waals surface area contributed by atoms with Gasteiger partial charge in [0.25, 0.3) is 0 Å². The van der Waals surface area contributed by atoms with Crippen molar-refractivity contribution in [3.05, 3.63) is 23.8 Å². The molecule has 0 radical (unpaired) electrons. The molecule has 3 fully saturated rings. The van der Waals surface area contributed by atoms with Crippen molar-refractivity contribution in [2.75, 3.05) is 6.61 Å². The monoisotopic (exact) mass is 484 g/mol. The van der Waals surface area contributed by atoms with E-state index in [9.17, 15) is 34.2 Å². The Kier molecular flexibility index (Phi) is 8.83. The predicted molar refractivity (Wildman–Crippen MR) is 102 cm³/mol. The number of carbonyl (C=O) groups excluding carboxylic acids is 2. The van der Waals surface area contributed by atoms with Crippen molar-refractivity contribution in [1.29, 1.82) is 0 Å². The zero-order chi connectivity index (χ0) is 22.1. The van der Waals surface area contributed by atoms with Gasteiger partial charge in [-0.2, -0.15) is 0 Å². The molecule has 7 atom stereocenters. The first-order chi connectivity index (χ1) is 13.8. The Labute approximate surface area is 232 Å². The molecule has 4 rings (SSSR count). The van der Waals surface area contributed by atoms with Crippen molar-refractivity contribution < 1.29 is 97.8 Å². The molecule has 0 saturated heterocycles. The number of rotatable bonds is 4. The molecular formula is C21H27Na2O8P. The summed E-state index contributed by atoms with van der Waals surface area (Å²) in [7, 11) is -5.34. The molecule has 166 valence electrons. The number of phosphoric acid groups is 1. The van der Waals surface area contributed by atoms with Gasteiger partial charge >= 0.3 is 59.1 Å². The van der Waals surface area contributed by atoms with Crippen LogP contribution in [0.15, 0.2) is 23.8 Å². The van der Waals surface area contributed by atoms with Crippen LogP contribution in [0.2, 0.25) is 0 Å². The molecule has 8 nitrogen and oxygen atoms in total. The zero-order valence-corrected chi connectivity index (χ0v) is 24.0. The van der Waals surface area contributed by atoms with Crippen LogP contribution in [0.25, 0.3) is 0 Å². The van der Waals surface area contributed by atoms with Crippen LogP contribution in [0, 0.1) is 28.6 Å². The molecule has 0 bridgehead atoms. The summed E-state index contributed by atoms with van der Waals surface area (Å²) in [5.41, 5.74) is -2.27. The van der Waals surface area contributed by atoms with Crippen LogP contribution in [-0.2, 0) is 18.7 Å². The minimum Gasteiger partial charge on any atom is -0.790 e. The summed E-state index contributed by atoms with van der Waals surface area (Å²) < 4.78 is 14.9. The Hall–Kier alpha value is 0.850. The average Bonchev–Trinajstić information content (AvgIpc) is 2.91. The van der Waals surface area contributed by atoms with E-state index in [-0.39, 0.29) is 95.5 Å². The molecule has 0 aromatic heterocycles. The molecule has 0 aromatic rings. The summed E-state index contributed by atoms with van der Waals surface area (Å²) in [6.07, 6.45) is 6.56. The van der Waals surface area contributed by atoms with E-state index in [0.29, 0.717) is 12.8 Å². The van der Waals surface area contributed by atoms with Gasteiger partial charge in [-0.3, -0.25) is 9.59 Å². The first-order valence-electron chi connectivity index (χ1n) is 10.4. The summed E-state index contributed by atoms with van der Waals surface area (Å²) in [5, 5.41) is 22.6. The largest absolute Gasteiger partial charge is 1.00 e. The van der Waals surface area contributed by atoms with Crippen molar-refractivity contribution in [1.82, 2.24) is 0 Å². The number of phosphoric ester groups is 1. The van der Waals surface area contributed by atoms with E-state index in [4.69, 9.17) is 0 Å². The van der Waals surface area contributed by atoms with Gasteiger partial charge < -0.3 is 29.1 Å². The molecule has 3 saturated carbocycles. The van der Waals surface area contributed by atoms with Crippen LogP contribution in [0.1, 0.15) is 46.0 Å². The molecular weight excluding hydrogens is 457 g/mol. The summed E-state index contributed by atoms with van der Waals surface area (Å²) in [5.74, 6) is -1.05. The van der Waals surface area contributed by atoms with Crippen LogP contribution in [0.4, 0.5) is 0 Å². The Balaban J connectivity index is 0.00000181. The normalized spacial score (nSPS) is 42.6. The number of hydrogen-bond acceptors (Lipinski definition) is 8. The molecule has 2 N–H and O–H groups in total. The van der Waals surface area contributed by atoms with Gasteiger partial charge in [-0.25, -0.2) is 0 Å². The van der Waals surface area contributed by atoms with E-state index in [1.54, 1.807) is 19.1 Å². The molecule has 11 heteroatoms. The third kappa shape index (κ3) is 4.54. The van der Waals surface area contributed by atoms with Gasteiger partial charge in [-0.05, 0) is 56.1 Å². The zero-order valence-electron chi connectivity index (χ0n) is 19.1. The Morgan fingerprint density at radius 3 is 2.56 bits per heavy atom. The number of carbonyl (C=O) groups is 2. The third-order valence-corrected chi connectivity index (χ3v) is 8.91. The molecule has 32 heavy (non-hydrogen) atoms. The van der Waals surface area contributed by atoms with Crippen LogP contribution in [0.5, 0.6) is 0 Å². The fourth-order valence-electron chi connectivity index (χ4n) is 7.05. The first kappa shape index (κ1) is 29.1. The number of Topliss-reactive ketones (excluding diaryl/α,β-unsaturated/α-hetero) is 1. The second-order valence-corrected chi connectivity index (χ2v) is 10.9. The number of hydrogen-bond donors (Lipinski definition) is 2.